The van der Waals surface area contributed by atoms with Crippen molar-refractivity contribution in [2.45, 2.75) is 13.5 Å². The molecule has 0 aromatic heterocycles. The van der Waals surface area contributed by atoms with Gasteiger partial charge in [-0.3, -0.25) is 9.59 Å². The predicted octanol–water partition coefficient (Wildman–Crippen LogP) is 4.83. The van der Waals surface area contributed by atoms with Crippen LogP contribution in [0.1, 0.15) is 31.8 Å². The Balaban J connectivity index is 1.66. The summed E-state index contributed by atoms with van der Waals surface area (Å²) in [6.07, 6.45) is 0. The van der Waals surface area contributed by atoms with E-state index in [1.807, 2.05) is 31.2 Å². The Morgan fingerprint density at radius 2 is 1.52 bits per heavy atom. The lowest BCUT2D eigenvalue weighted by atomic mass is 10.1. The van der Waals surface area contributed by atoms with Gasteiger partial charge in [-0.1, -0.05) is 53.6 Å². The standard InChI is InChI=1S/C22H19ClN2O2/c1-15-8-10-16(11-9-15)14-24-21(26)17-4-2-5-18(12-17)22(27)25-20-7-3-6-19(23)13-20/h2-13H,14H2,1H3,(H,24,26)(H,25,27). The highest BCUT2D eigenvalue weighted by Gasteiger charge is 2.11. The zero-order chi connectivity index (χ0) is 19.2. The maximum Gasteiger partial charge on any atom is 0.255 e. The van der Waals surface area contributed by atoms with Crippen molar-refractivity contribution in [3.05, 3.63) is 100 Å². The molecule has 5 heteroatoms. The van der Waals surface area contributed by atoms with Crippen LogP contribution in [0.15, 0.2) is 72.8 Å². The van der Waals surface area contributed by atoms with E-state index in [1.165, 1.54) is 5.56 Å². The molecular formula is C22H19ClN2O2. The highest BCUT2D eigenvalue weighted by Crippen LogP contribution is 2.16. The average molecular weight is 379 g/mol. The number of benzene rings is 3. The molecule has 4 nitrogen and oxygen atoms in total. The molecule has 3 aromatic carbocycles. The predicted molar refractivity (Wildman–Crippen MR) is 108 cm³/mol. The van der Waals surface area contributed by atoms with Crippen molar-refractivity contribution in [3.8, 4) is 0 Å². The fourth-order valence-corrected chi connectivity index (χ4v) is 2.75. The van der Waals surface area contributed by atoms with E-state index >= 15 is 0 Å². The van der Waals surface area contributed by atoms with Gasteiger partial charge in [0.05, 0.1) is 0 Å². The summed E-state index contributed by atoms with van der Waals surface area (Å²) in [5, 5.41) is 6.18. The fraction of sp³-hybridized carbons (Fsp3) is 0.0909. The third kappa shape index (κ3) is 5.19. The molecule has 0 heterocycles. The minimum absolute atomic E-state index is 0.229. The molecule has 0 bridgehead atoms. The van der Waals surface area contributed by atoms with E-state index in [1.54, 1.807) is 48.5 Å². The summed E-state index contributed by atoms with van der Waals surface area (Å²) in [5.41, 5.74) is 3.62. The molecule has 0 fully saturated rings. The smallest absolute Gasteiger partial charge is 0.255 e. The number of nitrogens with one attached hydrogen (secondary N) is 2. The van der Waals surface area contributed by atoms with Gasteiger partial charge in [-0.05, 0) is 48.9 Å². The Hall–Kier alpha value is -3.11. The molecule has 27 heavy (non-hydrogen) atoms. The maximum absolute atomic E-state index is 12.4. The van der Waals surface area contributed by atoms with Crippen molar-refractivity contribution in [1.29, 1.82) is 0 Å². The van der Waals surface area contributed by atoms with Crippen molar-refractivity contribution >= 4 is 29.1 Å². The van der Waals surface area contributed by atoms with Crippen LogP contribution in [-0.2, 0) is 6.54 Å². The Morgan fingerprint density at radius 3 is 2.22 bits per heavy atom. The zero-order valence-electron chi connectivity index (χ0n) is 14.8. The monoisotopic (exact) mass is 378 g/mol. The van der Waals surface area contributed by atoms with E-state index in [-0.39, 0.29) is 11.8 Å². The lowest BCUT2D eigenvalue weighted by molar-refractivity contribution is 0.0951. The molecule has 0 aliphatic rings. The molecule has 3 aromatic rings. The molecule has 0 atom stereocenters. The number of hydrogen-bond donors (Lipinski definition) is 2. The Morgan fingerprint density at radius 1 is 0.852 bits per heavy atom. The minimum Gasteiger partial charge on any atom is -0.348 e. The first kappa shape index (κ1) is 18.7. The van der Waals surface area contributed by atoms with Crippen LogP contribution in [-0.4, -0.2) is 11.8 Å². The van der Waals surface area contributed by atoms with Crippen LogP contribution < -0.4 is 10.6 Å². The molecule has 2 N–H and O–H groups in total. The van der Waals surface area contributed by atoms with Crippen LogP contribution >= 0.6 is 11.6 Å². The first-order chi connectivity index (χ1) is 13.0. The van der Waals surface area contributed by atoms with Crippen molar-refractivity contribution in [1.82, 2.24) is 5.32 Å². The molecule has 0 saturated heterocycles. The van der Waals surface area contributed by atoms with Crippen molar-refractivity contribution < 1.29 is 9.59 Å². The lowest BCUT2D eigenvalue weighted by Crippen LogP contribution is -2.23. The highest BCUT2D eigenvalue weighted by molar-refractivity contribution is 6.31. The van der Waals surface area contributed by atoms with Crippen LogP contribution in [0.25, 0.3) is 0 Å². The van der Waals surface area contributed by atoms with Crippen LogP contribution in [0.3, 0.4) is 0 Å². The van der Waals surface area contributed by atoms with E-state index in [4.69, 9.17) is 11.6 Å². The third-order valence-electron chi connectivity index (χ3n) is 4.04. The quantitative estimate of drug-likeness (QED) is 0.668. The second kappa shape index (κ2) is 8.52. The van der Waals surface area contributed by atoms with Crippen LogP contribution in [0.2, 0.25) is 5.02 Å². The second-order valence-corrected chi connectivity index (χ2v) is 6.65. The first-order valence-electron chi connectivity index (χ1n) is 8.52. The van der Waals surface area contributed by atoms with Crippen LogP contribution in [0.5, 0.6) is 0 Å². The summed E-state index contributed by atoms with van der Waals surface area (Å²) in [7, 11) is 0. The Labute approximate surface area is 163 Å². The van der Waals surface area contributed by atoms with E-state index in [0.29, 0.717) is 28.4 Å². The van der Waals surface area contributed by atoms with Crippen LogP contribution in [0.4, 0.5) is 5.69 Å². The molecular weight excluding hydrogens is 360 g/mol. The second-order valence-electron chi connectivity index (χ2n) is 6.21. The van der Waals surface area contributed by atoms with E-state index in [2.05, 4.69) is 10.6 Å². The molecule has 136 valence electrons. The summed E-state index contributed by atoms with van der Waals surface area (Å²) >= 11 is 5.93. The van der Waals surface area contributed by atoms with Crippen LogP contribution in [0, 0.1) is 6.92 Å². The van der Waals surface area contributed by atoms with Crippen molar-refractivity contribution in [3.63, 3.8) is 0 Å². The Kier molecular flexibility index (Phi) is 5.89. The number of amides is 2. The summed E-state index contributed by atoms with van der Waals surface area (Å²) in [4.78, 5) is 24.8. The van der Waals surface area contributed by atoms with Gasteiger partial charge < -0.3 is 10.6 Å². The number of hydrogen-bond acceptors (Lipinski definition) is 2. The van der Waals surface area contributed by atoms with Gasteiger partial charge in [-0.15, -0.1) is 0 Å². The SMILES string of the molecule is Cc1ccc(CNC(=O)c2cccc(C(=O)Nc3cccc(Cl)c3)c2)cc1. The number of carbonyl (C=O) groups is 2. The summed E-state index contributed by atoms with van der Waals surface area (Å²) < 4.78 is 0. The van der Waals surface area contributed by atoms with Crippen molar-refractivity contribution in [2.75, 3.05) is 5.32 Å². The van der Waals surface area contributed by atoms with Crippen molar-refractivity contribution in [2.24, 2.45) is 0 Å². The molecule has 3 rings (SSSR count). The van der Waals surface area contributed by atoms with Gasteiger partial charge in [0.25, 0.3) is 11.8 Å². The molecule has 0 radical (unpaired) electrons. The number of carbonyl (C=O) groups excluding carboxylic acids is 2. The lowest BCUT2D eigenvalue weighted by Gasteiger charge is -2.09. The van der Waals surface area contributed by atoms with E-state index < -0.39 is 0 Å². The van der Waals surface area contributed by atoms with Gasteiger partial charge in [-0.25, -0.2) is 0 Å². The number of aryl methyl sites for hydroxylation is 1. The molecule has 0 spiro atoms. The average Bonchev–Trinajstić information content (AvgIpc) is 2.67. The van der Waals surface area contributed by atoms with Gasteiger partial charge in [0.1, 0.15) is 0 Å². The molecule has 0 unspecified atom stereocenters. The number of rotatable bonds is 5. The maximum atomic E-state index is 12.4. The van der Waals surface area contributed by atoms with E-state index in [0.717, 1.165) is 5.56 Å². The number of halogens is 1. The summed E-state index contributed by atoms with van der Waals surface area (Å²) in [6.45, 7) is 2.44. The van der Waals surface area contributed by atoms with Gasteiger partial charge in [0.2, 0.25) is 0 Å². The van der Waals surface area contributed by atoms with Gasteiger partial charge in [0.15, 0.2) is 0 Å². The minimum atomic E-state index is -0.301. The molecule has 2 amide bonds. The molecule has 0 aliphatic heterocycles. The number of anilines is 1. The first-order valence-corrected chi connectivity index (χ1v) is 8.90. The largest absolute Gasteiger partial charge is 0.348 e. The zero-order valence-corrected chi connectivity index (χ0v) is 15.6. The fourth-order valence-electron chi connectivity index (χ4n) is 2.56. The van der Waals surface area contributed by atoms with Gasteiger partial charge in [0, 0.05) is 28.4 Å². The highest BCUT2D eigenvalue weighted by atomic mass is 35.5. The third-order valence-corrected chi connectivity index (χ3v) is 4.28. The van der Waals surface area contributed by atoms with Gasteiger partial charge in [-0.2, -0.15) is 0 Å². The van der Waals surface area contributed by atoms with E-state index in [9.17, 15) is 9.59 Å². The topological polar surface area (TPSA) is 58.2 Å². The Bertz CT molecular complexity index is 968. The summed E-state index contributed by atoms with van der Waals surface area (Å²) in [5.74, 6) is -0.529. The normalized spacial score (nSPS) is 10.3. The van der Waals surface area contributed by atoms with Gasteiger partial charge >= 0.3 is 0 Å². The molecule has 0 saturated carbocycles. The molecule has 0 aliphatic carbocycles. The summed E-state index contributed by atoms with van der Waals surface area (Å²) in [6, 6.07) is 21.5.